The zero-order valence-corrected chi connectivity index (χ0v) is 14.6. The van der Waals surface area contributed by atoms with Crippen LogP contribution in [0.15, 0.2) is 42.5 Å². The molecule has 126 valence electrons. The van der Waals surface area contributed by atoms with E-state index >= 15 is 0 Å². The van der Waals surface area contributed by atoms with Gasteiger partial charge in [-0.1, -0.05) is 48.9 Å². The van der Waals surface area contributed by atoms with Crippen LogP contribution in [-0.4, -0.2) is 18.0 Å². The third-order valence-corrected chi connectivity index (χ3v) is 5.32. The van der Waals surface area contributed by atoms with E-state index in [-0.39, 0.29) is 30.5 Å². The molecule has 2 amide bonds. The topological polar surface area (TPSA) is 67.4 Å². The first-order valence-electron chi connectivity index (χ1n) is 7.57. The molecule has 1 saturated heterocycles. The smallest absolute Gasteiger partial charge is 0.407 e. The Hall–Kier alpha value is -2.05. The maximum atomic E-state index is 12.1. The van der Waals surface area contributed by atoms with Gasteiger partial charge in [-0.3, -0.25) is 4.79 Å². The van der Waals surface area contributed by atoms with Crippen LogP contribution >= 0.6 is 22.9 Å². The standard InChI is InChI=1S/C17H17ClN2O3S/c1-10-14(15(19-16(10)21)12-7-8-13(18)24-12)20-17(22)23-9-11-5-3-2-4-6-11/h2-8,10,14-15H,9H2,1H3,(H,19,21)(H,20,22). The molecule has 1 aliphatic rings. The number of ether oxygens (including phenoxy) is 1. The minimum atomic E-state index is -0.542. The molecule has 1 aromatic heterocycles. The number of alkyl carbamates (subject to hydrolysis) is 1. The lowest BCUT2D eigenvalue weighted by Gasteiger charge is -2.21. The number of benzene rings is 1. The molecule has 24 heavy (non-hydrogen) atoms. The first-order chi connectivity index (χ1) is 11.5. The Kier molecular flexibility index (Phi) is 5.06. The van der Waals surface area contributed by atoms with Crippen molar-refractivity contribution in [2.45, 2.75) is 25.6 Å². The summed E-state index contributed by atoms with van der Waals surface area (Å²) >= 11 is 7.37. The van der Waals surface area contributed by atoms with Crippen LogP contribution in [0, 0.1) is 5.92 Å². The molecule has 0 spiro atoms. The molecular formula is C17H17ClN2O3S. The van der Waals surface area contributed by atoms with Gasteiger partial charge in [-0.25, -0.2) is 4.79 Å². The monoisotopic (exact) mass is 364 g/mol. The van der Waals surface area contributed by atoms with Crippen LogP contribution in [0.1, 0.15) is 23.4 Å². The normalized spacial score (nSPS) is 22.9. The summed E-state index contributed by atoms with van der Waals surface area (Å²) in [7, 11) is 0. The van der Waals surface area contributed by atoms with Gasteiger partial charge in [0.1, 0.15) is 6.61 Å². The highest BCUT2D eigenvalue weighted by molar-refractivity contribution is 7.16. The van der Waals surface area contributed by atoms with Crippen LogP contribution in [0.4, 0.5) is 4.79 Å². The fraction of sp³-hybridized carbons (Fsp3) is 0.294. The number of halogens is 1. The second kappa shape index (κ2) is 7.23. The number of amides is 2. The van der Waals surface area contributed by atoms with Crippen molar-refractivity contribution in [3.63, 3.8) is 0 Å². The third-order valence-electron chi connectivity index (χ3n) is 4.01. The van der Waals surface area contributed by atoms with E-state index < -0.39 is 6.09 Å². The predicted molar refractivity (Wildman–Crippen MR) is 92.9 cm³/mol. The Bertz CT molecular complexity index is 734. The summed E-state index contributed by atoms with van der Waals surface area (Å²) in [4.78, 5) is 25.0. The summed E-state index contributed by atoms with van der Waals surface area (Å²) in [5, 5.41) is 5.71. The number of rotatable bonds is 4. The van der Waals surface area contributed by atoms with E-state index in [9.17, 15) is 9.59 Å². The highest BCUT2D eigenvalue weighted by atomic mass is 35.5. The molecule has 3 unspecified atom stereocenters. The van der Waals surface area contributed by atoms with Crippen molar-refractivity contribution >= 4 is 34.9 Å². The van der Waals surface area contributed by atoms with E-state index in [1.165, 1.54) is 11.3 Å². The quantitative estimate of drug-likeness (QED) is 0.872. The third kappa shape index (κ3) is 3.71. The van der Waals surface area contributed by atoms with Crippen molar-refractivity contribution in [1.82, 2.24) is 10.6 Å². The van der Waals surface area contributed by atoms with Gasteiger partial charge in [-0.15, -0.1) is 11.3 Å². The van der Waals surface area contributed by atoms with Gasteiger partial charge >= 0.3 is 6.09 Å². The van der Waals surface area contributed by atoms with E-state index in [0.717, 1.165) is 10.4 Å². The van der Waals surface area contributed by atoms with Crippen molar-refractivity contribution in [1.29, 1.82) is 0 Å². The van der Waals surface area contributed by atoms with E-state index in [4.69, 9.17) is 16.3 Å². The van der Waals surface area contributed by atoms with Gasteiger partial charge in [0.15, 0.2) is 0 Å². The summed E-state index contributed by atoms with van der Waals surface area (Å²) in [6.07, 6.45) is -0.542. The molecule has 0 radical (unpaired) electrons. The number of thiophene rings is 1. The molecule has 2 heterocycles. The molecule has 3 atom stereocenters. The van der Waals surface area contributed by atoms with Gasteiger partial charge in [0.05, 0.1) is 22.3 Å². The Morgan fingerprint density at radius 2 is 2.04 bits per heavy atom. The fourth-order valence-electron chi connectivity index (χ4n) is 2.68. The minimum Gasteiger partial charge on any atom is -0.445 e. The molecule has 3 rings (SSSR count). The molecule has 2 aromatic rings. The lowest BCUT2D eigenvalue weighted by Crippen LogP contribution is -2.41. The molecule has 1 aliphatic heterocycles. The predicted octanol–water partition coefficient (Wildman–Crippen LogP) is 3.50. The Morgan fingerprint density at radius 3 is 2.71 bits per heavy atom. The number of nitrogens with one attached hydrogen (secondary N) is 2. The lowest BCUT2D eigenvalue weighted by atomic mass is 9.99. The Balaban J connectivity index is 1.64. The van der Waals surface area contributed by atoms with Crippen molar-refractivity contribution in [3.8, 4) is 0 Å². The SMILES string of the molecule is CC1C(=O)NC(c2ccc(Cl)s2)C1NC(=O)OCc1ccccc1. The van der Waals surface area contributed by atoms with Gasteiger partial charge in [-0.2, -0.15) is 0 Å². The summed E-state index contributed by atoms with van der Waals surface area (Å²) in [5.41, 5.74) is 0.905. The van der Waals surface area contributed by atoms with Gasteiger partial charge in [0, 0.05) is 4.88 Å². The van der Waals surface area contributed by atoms with Crippen LogP contribution in [0.2, 0.25) is 4.34 Å². The zero-order chi connectivity index (χ0) is 17.1. The van der Waals surface area contributed by atoms with Crippen LogP contribution in [0.3, 0.4) is 0 Å². The Morgan fingerprint density at radius 1 is 1.29 bits per heavy atom. The molecule has 0 saturated carbocycles. The first kappa shape index (κ1) is 16.8. The van der Waals surface area contributed by atoms with Crippen molar-refractivity contribution in [2.24, 2.45) is 5.92 Å². The highest BCUT2D eigenvalue weighted by Gasteiger charge is 2.42. The summed E-state index contributed by atoms with van der Waals surface area (Å²) < 4.78 is 5.89. The van der Waals surface area contributed by atoms with E-state index in [0.29, 0.717) is 4.34 Å². The van der Waals surface area contributed by atoms with Gasteiger partial charge < -0.3 is 15.4 Å². The molecule has 5 nitrogen and oxygen atoms in total. The molecule has 1 aromatic carbocycles. The lowest BCUT2D eigenvalue weighted by molar-refractivity contribution is -0.122. The minimum absolute atomic E-state index is 0.0992. The van der Waals surface area contributed by atoms with Crippen LogP contribution < -0.4 is 10.6 Å². The van der Waals surface area contributed by atoms with Crippen LogP contribution in [-0.2, 0) is 16.1 Å². The second-order valence-corrected chi connectivity index (χ2v) is 7.40. The average molecular weight is 365 g/mol. The first-order valence-corrected chi connectivity index (χ1v) is 8.77. The highest BCUT2D eigenvalue weighted by Crippen LogP contribution is 2.34. The Labute approximate surface area is 149 Å². The summed E-state index contributed by atoms with van der Waals surface area (Å²) in [5.74, 6) is -0.446. The van der Waals surface area contributed by atoms with Gasteiger partial charge in [0.25, 0.3) is 0 Å². The van der Waals surface area contributed by atoms with Crippen molar-refractivity contribution in [2.75, 3.05) is 0 Å². The molecule has 7 heteroatoms. The van der Waals surface area contributed by atoms with E-state index in [1.807, 2.05) is 36.4 Å². The number of carbonyl (C=O) groups is 2. The molecular weight excluding hydrogens is 348 g/mol. The van der Waals surface area contributed by atoms with Crippen molar-refractivity contribution < 1.29 is 14.3 Å². The van der Waals surface area contributed by atoms with E-state index in [1.54, 1.807) is 13.0 Å². The van der Waals surface area contributed by atoms with Crippen LogP contribution in [0.25, 0.3) is 0 Å². The largest absolute Gasteiger partial charge is 0.445 e. The average Bonchev–Trinajstić information content (AvgIpc) is 3.12. The molecule has 1 fully saturated rings. The summed E-state index contributed by atoms with van der Waals surface area (Å²) in [6.45, 7) is 1.97. The fourth-order valence-corrected chi connectivity index (χ4v) is 3.84. The molecule has 0 bridgehead atoms. The molecule has 0 aliphatic carbocycles. The van der Waals surface area contributed by atoms with Gasteiger partial charge in [-0.05, 0) is 17.7 Å². The molecule has 2 N–H and O–H groups in total. The zero-order valence-electron chi connectivity index (χ0n) is 13.0. The van der Waals surface area contributed by atoms with Crippen LogP contribution in [0.5, 0.6) is 0 Å². The number of hydrogen-bond acceptors (Lipinski definition) is 4. The summed E-state index contributed by atoms with van der Waals surface area (Å²) in [6, 6.07) is 12.4. The maximum absolute atomic E-state index is 12.1. The van der Waals surface area contributed by atoms with Gasteiger partial charge in [0.2, 0.25) is 5.91 Å². The maximum Gasteiger partial charge on any atom is 0.407 e. The second-order valence-electron chi connectivity index (χ2n) is 5.65. The number of hydrogen-bond donors (Lipinski definition) is 2. The van der Waals surface area contributed by atoms with Crippen molar-refractivity contribution in [3.05, 3.63) is 57.2 Å². The number of carbonyl (C=O) groups excluding carboxylic acids is 2. The van der Waals surface area contributed by atoms with E-state index in [2.05, 4.69) is 10.6 Å².